The number of phosphoric acid groups is 1. The summed E-state index contributed by atoms with van der Waals surface area (Å²) in [5, 5.41) is 3.06. The van der Waals surface area contributed by atoms with E-state index in [1.165, 1.54) is 186 Å². The van der Waals surface area contributed by atoms with Crippen LogP contribution < -0.4 is 5.32 Å². The third-order valence-electron chi connectivity index (χ3n) is 14.7. The Morgan fingerprint density at radius 2 is 0.821 bits per heavy atom. The third-order valence-corrected chi connectivity index (χ3v) is 15.7. The van der Waals surface area contributed by atoms with Gasteiger partial charge in [-0.15, -0.1) is 0 Å². The summed E-state index contributed by atoms with van der Waals surface area (Å²) in [5.41, 5.74) is 0. The maximum atomic E-state index is 13.5. The number of quaternary nitrogens is 1. The van der Waals surface area contributed by atoms with Gasteiger partial charge >= 0.3 is 13.8 Å². The summed E-state index contributed by atoms with van der Waals surface area (Å²) >= 11 is 0. The van der Waals surface area contributed by atoms with Crippen LogP contribution in [0, 0.1) is 0 Å². The molecule has 0 aromatic rings. The van der Waals surface area contributed by atoms with Crippen molar-refractivity contribution in [2.24, 2.45) is 0 Å². The van der Waals surface area contributed by atoms with E-state index in [2.05, 4.69) is 74.7 Å². The Labute approximate surface area is 483 Å². The first-order valence-corrected chi connectivity index (χ1v) is 34.6. The van der Waals surface area contributed by atoms with Crippen LogP contribution in [0.4, 0.5) is 0 Å². The molecule has 0 aromatic heterocycles. The number of carbonyl (C=O) groups excluding carboxylic acids is 2. The van der Waals surface area contributed by atoms with Gasteiger partial charge in [0.1, 0.15) is 19.3 Å². The molecule has 0 heterocycles. The number of hydrogen-bond donors (Lipinski definition) is 2. The summed E-state index contributed by atoms with van der Waals surface area (Å²) in [7, 11) is 1.49. The molecule has 0 saturated heterocycles. The molecule has 3 unspecified atom stereocenters. The summed E-state index contributed by atoms with van der Waals surface area (Å²) in [6.45, 7) is 6.91. The minimum atomic E-state index is -4.45. The van der Waals surface area contributed by atoms with Crippen LogP contribution in [-0.4, -0.2) is 74.3 Å². The van der Waals surface area contributed by atoms with E-state index in [1.807, 2.05) is 33.3 Å². The molecule has 0 spiro atoms. The largest absolute Gasteiger partial charge is 0.472 e. The first-order chi connectivity index (χ1) is 37.9. The molecule has 0 rings (SSSR count). The van der Waals surface area contributed by atoms with Crippen LogP contribution in [0.15, 0.2) is 60.8 Å². The van der Waals surface area contributed by atoms with Gasteiger partial charge in [0, 0.05) is 12.8 Å². The van der Waals surface area contributed by atoms with Crippen LogP contribution in [0.5, 0.6) is 0 Å². The van der Waals surface area contributed by atoms with Crippen molar-refractivity contribution in [2.45, 2.75) is 322 Å². The predicted molar refractivity (Wildman–Crippen MR) is 337 cm³/mol. The fourth-order valence-corrected chi connectivity index (χ4v) is 10.3. The number of carbonyl (C=O) groups is 2. The fourth-order valence-electron chi connectivity index (χ4n) is 9.60. The van der Waals surface area contributed by atoms with Gasteiger partial charge in [0.15, 0.2) is 0 Å². The van der Waals surface area contributed by atoms with Gasteiger partial charge in [0.05, 0.1) is 33.8 Å². The Bertz CT molecular complexity index is 1520. The molecule has 0 aromatic carbocycles. The van der Waals surface area contributed by atoms with E-state index in [4.69, 9.17) is 13.8 Å². The Hall–Kier alpha value is -2.29. The average molecular weight is 1120 g/mol. The summed E-state index contributed by atoms with van der Waals surface area (Å²) in [5.74, 6) is -0.506. The van der Waals surface area contributed by atoms with Gasteiger partial charge in [-0.25, -0.2) is 4.57 Å². The highest BCUT2D eigenvalue weighted by atomic mass is 31.2. The lowest BCUT2D eigenvalue weighted by molar-refractivity contribution is -0.870. The first-order valence-electron chi connectivity index (χ1n) is 33.1. The summed E-state index contributed by atoms with van der Waals surface area (Å²) in [4.78, 5) is 37.8. The predicted octanol–water partition coefficient (Wildman–Crippen LogP) is 20.6. The number of ether oxygens (including phenoxy) is 1. The highest BCUT2D eigenvalue weighted by Crippen LogP contribution is 2.43. The second kappa shape index (κ2) is 57.9. The number of allylic oxidation sites excluding steroid dienone is 9. The van der Waals surface area contributed by atoms with Crippen LogP contribution in [-0.2, 0) is 27.9 Å². The number of rotatable bonds is 60. The molecule has 0 aliphatic rings. The summed E-state index contributed by atoms with van der Waals surface area (Å²) < 4.78 is 30.7. The number of nitrogens with zero attached hydrogens (tertiary/aromatic N) is 1. The van der Waals surface area contributed by atoms with Gasteiger partial charge in [-0.2, -0.15) is 0 Å². The molecule has 78 heavy (non-hydrogen) atoms. The van der Waals surface area contributed by atoms with Crippen molar-refractivity contribution in [3.8, 4) is 0 Å². The topological polar surface area (TPSA) is 111 Å². The van der Waals surface area contributed by atoms with Crippen molar-refractivity contribution in [3.05, 3.63) is 60.8 Å². The van der Waals surface area contributed by atoms with Crippen molar-refractivity contribution in [1.29, 1.82) is 0 Å². The molecule has 0 aliphatic carbocycles. The maximum Gasteiger partial charge on any atom is 0.472 e. The minimum Gasteiger partial charge on any atom is -0.456 e. The normalized spacial score (nSPS) is 14.0. The van der Waals surface area contributed by atoms with Crippen molar-refractivity contribution < 1.29 is 37.3 Å². The summed E-state index contributed by atoms with van der Waals surface area (Å²) in [6.07, 6.45) is 73.7. The first kappa shape index (κ1) is 75.7. The standard InChI is InChI=1S/C68H127N2O7P/c1-7-10-13-16-19-22-25-28-30-31-32-33-34-35-36-37-38-39-40-43-46-49-52-55-58-61-68(72)77-66(59-56-53-50-47-44-41-27-24-21-18-15-12-9-3)65(64-76-78(73,74)75-63-62-70(4,5)6)69-67(71)60-57-54-51-48-45-42-29-26-23-20-17-14-11-8-2/h11,14,19-20,22-23,28,30,56,59,65-66H,7-10,12-13,15-18,21,24-27,29,31-55,57-58,60-64H2,1-6H3,(H-,69,71,73,74)/p+1/b14-11+,22-19-,23-20+,30-28-,59-56-. The Morgan fingerprint density at radius 3 is 1.24 bits per heavy atom. The van der Waals surface area contributed by atoms with Crippen molar-refractivity contribution in [2.75, 3.05) is 40.9 Å². The smallest absolute Gasteiger partial charge is 0.456 e. The second-order valence-electron chi connectivity index (χ2n) is 23.6. The lowest BCUT2D eigenvalue weighted by atomic mass is 10.0. The molecule has 0 fully saturated rings. The lowest BCUT2D eigenvalue weighted by Crippen LogP contribution is -2.47. The minimum absolute atomic E-state index is 0.0385. The lowest BCUT2D eigenvalue weighted by Gasteiger charge is -2.27. The second-order valence-corrected chi connectivity index (χ2v) is 25.1. The van der Waals surface area contributed by atoms with E-state index in [0.29, 0.717) is 23.9 Å². The number of nitrogens with one attached hydrogen (secondary N) is 1. The van der Waals surface area contributed by atoms with Gasteiger partial charge in [0.2, 0.25) is 5.91 Å². The SMILES string of the molecule is CC/C=C/C/C=C/CCCCCCCCCC(=O)NC(COP(=O)(O)OCC[N+](C)(C)C)C(/C=C\CCCCCCCCCCCCC)OC(=O)CCCCCCCCCCCCCCCCC/C=C\C/C=C\CCCCC. The van der Waals surface area contributed by atoms with E-state index in [9.17, 15) is 19.0 Å². The molecule has 10 heteroatoms. The molecule has 0 bridgehead atoms. The van der Waals surface area contributed by atoms with E-state index < -0.39 is 20.0 Å². The van der Waals surface area contributed by atoms with Crippen molar-refractivity contribution in [1.82, 2.24) is 5.32 Å². The van der Waals surface area contributed by atoms with Gasteiger partial charge in [-0.05, 0) is 89.5 Å². The number of unbranched alkanes of at least 4 members (excludes halogenated alkanes) is 36. The molecular weight excluding hydrogens is 988 g/mol. The van der Waals surface area contributed by atoms with Crippen LogP contribution >= 0.6 is 7.82 Å². The molecule has 0 aliphatic heterocycles. The number of phosphoric ester groups is 1. The number of esters is 1. The number of likely N-dealkylation sites (N-methyl/N-ethyl adjacent to an activating group) is 1. The number of hydrogen-bond acceptors (Lipinski definition) is 6. The van der Waals surface area contributed by atoms with E-state index in [1.54, 1.807) is 0 Å². The number of amides is 1. The van der Waals surface area contributed by atoms with Crippen LogP contribution in [0.2, 0.25) is 0 Å². The molecule has 0 saturated carbocycles. The van der Waals surface area contributed by atoms with Gasteiger partial charge in [-0.3, -0.25) is 18.6 Å². The zero-order chi connectivity index (χ0) is 57.2. The zero-order valence-corrected chi connectivity index (χ0v) is 53.1. The van der Waals surface area contributed by atoms with Gasteiger partial charge in [0.25, 0.3) is 0 Å². The molecule has 456 valence electrons. The van der Waals surface area contributed by atoms with Crippen LogP contribution in [0.3, 0.4) is 0 Å². The van der Waals surface area contributed by atoms with Crippen LogP contribution in [0.1, 0.15) is 310 Å². The Morgan fingerprint density at radius 1 is 0.462 bits per heavy atom. The van der Waals surface area contributed by atoms with Crippen molar-refractivity contribution >= 4 is 19.7 Å². The third kappa shape index (κ3) is 58.4. The highest BCUT2D eigenvalue weighted by molar-refractivity contribution is 7.47. The molecular formula is C68H128N2O7P+. The van der Waals surface area contributed by atoms with E-state index in [-0.39, 0.29) is 25.1 Å². The van der Waals surface area contributed by atoms with E-state index >= 15 is 0 Å². The monoisotopic (exact) mass is 1120 g/mol. The van der Waals surface area contributed by atoms with Crippen molar-refractivity contribution in [3.63, 3.8) is 0 Å². The highest BCUT2D eigenvalue weighted by Gasteiger charge is 2.30. The molecule has 1 amide bonds. The average Bonchev–Trinajstić information content (AvgIpc) is 3.40. The fraction of sp³-hybridized carbons (Fsp3) is 0.824. The molecule has 0 radical (unpaired) electrons. The van der Waals surface area contributed by atoms with E-state index in [0.717, 1.165) is 89.9 Å². The molecule has 2 N–H and O–H groups in total. The Kier molecular flexibility index (Phi) is 56.2. The zero-order valence-electron chi connectivity index (χ0n) is 52.2. The Balaban J connectivity index is 5.09. The summed E-state index contributed by atoms with van der Waals surface area (Å²) in [6, 6.07) is -0.852. The quantitative estimate of drug-likeness (QED) is 0.0205. The van der Waals surface area contributed by atoms with Gasteiger partial charge in [-0.1, -0.05) is 268 Å². The molecule has 3 atom stereocenters. The van der Waals surface area contributed by atoms with Gasteiger partial charge < -0.3 is 19.4 Å². The molecule has 9 nitrogen and oxygen atoms in total. The van der Waals surface area contributed by atoms with Crippen LogP contribution in [0.25, 0.3) is 0 Å². The maximum absolute atomic E-state index is 13.5.